The third kappa shape index (κ3) is 2.15. The summed E-state index contributed by atoms with van der Waals surface area (Å²) >= 11 is 0. The van der Waals surface area contributed by atoms with E-state index in [1.165, 1.54) is 0 Å². The summed E-state index contributed by atoms with van der Waals surface area (Å²) in [7, 11) is 3.81. The minimum Gasteiger partial charge on any atom is -0.0475 e. The van der Waals surface area contributed by atoms with Crippen molar-refractivity contribution in [2.75, 3.05) is 0 Å². The van der Waals surface area contributed by atoms with Crippen LogP contribution in [0.25, 0.3) is 0 Å². The Labute approximate surface area is 139 Å². The molecule has 0 aliphatic heterocycles. The van der Waals surface area contributed by atoms with E-state index in [0.717, 1.165) is 45.8 Å². The van der Waals surface area contributed by atoms with Gasteiger partial charge in [0.05, 0.1) is 0 Å². The Morgan fingerprint density at radius 3 is 0.864 bits per heavy atom. The predicted octanol–water partition coefficient (Wildman–Crippen LogP) is 6.73. The van der Waals surface area contributed by atoms with Crippen molar-refractivity contribution in [1.29, 1.82) is 0 Å². The second kappa shape index (κ2) is 4.73. The van der Waals surface area contributed by atoms with E-state index in [0.29, 0.717) is 0 Å². The molecule has 0 heterocycles. The van der Waals surface area contributed by atoms with Gasteiger partial charge < -0.3 is 0 Å². The van der Waals surface area contributed by atoms with E-state index >= 15 is 0 Å². The molecule has 8 rings (SSSR count). The van der Waals surface area contributed by atoms with Crippen LogP contribution in [0.5, 0.6) is 0 Å². The maximum absolute atomic E-state index is 1.91. The van der Waals surface area contributed by atoms with Crippen LogP contribution in [-0.4, -0.2) is 10.3 Å². The summed E-state index contributed by atoms with van der Waals surface area (Å²) < 4.78 is 0. The first-order valence-electron chi connectivity index (χ1n) is 10.1. The van der Waals surface area contributed by atoms with Gasteiger partial charge in [-0.25, -0.2) is 0 Å². The highest BCUT2D eigenvalue weighted by atomic mass is 32.0. The normalized spacial score (nSPS) is 62.2. The zero-order valence-electron chi connectivity index (χ0n) is 13.8. The van der Waals surface area contributed by atoms with E-state index < -0.39 is 0 Å². The van der Waals surface area contributed by atoms with E-state index in [1.54, 1.807) is 77.0 Å². The molecule has 0 saturated heterocycles. The molecule has 0 spiro atoms. The highest BCUT2D eigenvalue weighted by molar-refractivity contribution is 8.13. The molecular formula is C20H30P2. The summed E-state index contributed by atoms with van der Waals surface area (Å²) in [6.07, 6.45) is 19.4. The third-order valence-electron chi connectivity index (χ3n) is 8.49. The Balaban J connectivity index is 1.20. The summed E-state index contributed by atoms with van der Waals surface area (Å²) in [5.74, 6) is 6.86. The lowest BCUT2D eigenvalue weighted by molar-refractivity contribution is 0.0350. The van der Waals surface area contributed by atoms with E-state index in [-0.39, 0.29) is 0 Å². The zero-order valence-corrected chi connectivity index (χ0v) is 15.6. The van der Waals surface area contributed by atoms with Crippen LogP contribution in [0.1, 0.15) is 77.0 Å². The fraction of sp³-hybridized carbons (Fsp3) is 1.00. The monoisotopic (exact) mass is 332 g/mol. The molecule has 0 atom stereocenters. The second-order valence-electron chi connectivity index (χ2n) is 10.5. The van der Waals surface area contributed by atoms with Crippen LogP contribution in [0.15, 0.2) is 0 Å². The Bertz CT molecular complexity index is 368. The molecule has 0 aromatic carbocycles. The van der Waals surface area contributed by atoms with Crippen LogP contribution in [0.4, 0.5) is 0 Å². The van der Waals surface area contributed by atoms with Gasteiger partial charge in [-0.1, -0.05) is 0 Å². The Morgan fingerprint density at radius 1 is 0.409 bits per heavy atom. The first kappa shape index (κ1) is 14.1. The van der Waals surface area contributed by atoms with Gasteiger partial charge in [0, 0.05) is 0 Å². The van der Waals surface area contributed by atoms with Crippen LogP contribution >= 0.6 is 16.5 Å². The molecule has 8 saturated carbocycles. The van der Waals surface area contributed by atoms with Crippen molar-refractivity contribution in [3.8, 4) is 0 Å². The molecule has 2 radical (unpaired) electrons. The molecule has 8 bridgehead atoms. The molecular weight excluding hydrogens is 302 g/mol. The van der Waals surface area contributed by atoms with Gasteiger partial charge in [-0.15, -0.1) is 0 Å². The van der Waals surface area contributed by atoms with Gasteiger partial charge >= 0.3 is 0 Å². The molecule has 8 aliphatic rings. The quantitative estimate of drug-likeness (QED) is 0.503. The molecule has 0 N–H and O–H groups in total. The fourth-order valence-electron chi connectivity index (χ4n) is 8.59. The first-order valence-corrected chi connectivity index (χ1v) is 12.6. The minimum absolute atomic E-state index is 0.805. The average molecular weight is 332 g/mol. The first-order chi connectivity index (χ1) is 10.7. The topological polar surface area (TPSA) is 0 Å². The van der Waals surface area contributed by atoms with Crippen LogP contribution < -0.4 is 0 Å². The fourth-order valence-corrected chi connectivity index (χ4v) is 13.8. The average Bonchev–Trinajstić information content (AvgIpc) is 2.42. The molecule has 0 nitrogen and oxygen atoms in total. The van der Waals surface area contributed by atoms with E-state index in [2.05, 4.69) is 0 Å². The minimum atomic E-state index is 0.805. The van der Waals surface area contributed by atoms with Crippen molar-refractivity contribution >= 4 is 16.5 Å². The summed E-state index contributed by atoms with van der Waals surface area (Å²) in [6, 6.07) is 0. The van der Waals surface area contributed by atoms with Gasteiger partial charge in [-0.2, -0.15) is 0 Å². The standard InChI is InChI=1S/C20H30P2/c1-13-2-15-3-14(1)8-19(7-13,9-15)21-22-20-10-16-4-17(11-20)6-18(5-16)12-20/h13-18H,1-12H2. The van der Waals surface area contributed by atoms with E-state index in [4.69, 9.17) is 0 Å². The van der Waals surface area contributed by atoms with Crippen molar-refractivity contribution < 1.29 is 0 Å². The number of hydrogen-bond acceptors (Lipinski definition) is 0. The SMILES string of the molecule is C1C2CC3CC1CC([P][P]C14CC5CC(CC(C5)C1)C4)(C2)C3. The van der Waals surface area contributed by atoms with Gasteiger partial charge in [0.2, 0.25) is 0 Å². The third-order valence-corrected chi connectivity index (χ3v) is 13.4. The molecule has 0 amide bonds. The van der Waals surface area contributed by atoms with Crippen molar-refractivity contribution in [3.63, 3.8) is 0 Å². The lowest BCUT2D eigenvalue weighted by atomic mass is 9.56. The number of rotatable bonds is 3. The summed E-state index contributed by atoms with van der Waals surface area (Å²) in [6.45, 7) is 0. The van der Waals surface area contributed by atoms with E-state index in [1.807, 2.05) is 16.5 Å². The van der Waals surface area contributed by atoms with Crippen molar-refractivity contribution in [1.82, 2.24) is 0 Å². The largest absolute Gasteiger partial charge is 0.0475 e. The summed E-state index contributed by atoms with van der Waals surface area (Å²) in [4.78, 5) is 0. The molecule has 0 aromatic heterocycles. The zero-order chi connectivity index (χ0) is 14.4. The van der Waals surface area contributed by atoms with Gasteiger partial charge in [-0.3, -0.25) is 0 Å². The Hall–Kier alpha value is 0.860. The van der Waals surface area contributed by atoms with Crippen LogP contribution in [0, 0.1) is 35.5 Å². The molecule has 120 valence electrons. The van der Waals surface area contributed by atoms with Gasteiger partial charge in [0.15, 0.2) is 0 Å². The molecule has 0 unspecified atom stereocenters. The maximum Gasteiger partial charge on any atom is -0.000274 e. The van der Waals surface area contributed by atoms with E-state index in [9.17, 15) is 0 Å². The maximum atomic E-state index is 1.91. The Morgan fingerprint density at radius 2 is 0.636 bits per heavy atom. The molecule has 0 aromatic rings. The highest BCUT2D eigenvalue weighted by Gasteiger charge is 2.55. The van der Waals surface area contributed by atoms with Gasteiger partial charge in [0.25, 0.3) is 0 Å². The molecule has 8 aliphatic carbocycles. The van der Waals surface area contributed by atoms with Gasteiger partial charge in [-0.05, 0) is 139 Å². The smallest absolute Gasteiger partial charge is 0.000274 e. The summed E-state index contributed by atoms with van der Waals surface area (Å²) in [5.41, 5.74) is 0. The summed E-state index contributed by atoms with van der Waals surface area (Å²) in [5, 5.41) is 1.61. The van der Waals surface area contributed by atoms with Crippen molar-refractivity contribution in [2.24, 2.45) is 35.5 Å². The lowest BCUT2D eigenvalue weighted by Gasteiger charge is -2.59. The highest BCUT2D eigenvalue weighted by Crippen LogP contribution is 2.73. The van der Waals surface area contributed by atoms with Crippen LogP contribution in [0.3, 0.4) is 0 Å². The van der Waals surface area contributed by atoms with Gasteiger partial charge in [0.1, 0.15) is 0 Å². The number of hydrogen-bond donors (Lipinski definition) is 0. The van der Waals surface area contributed by atoms with Crippen LogP contribution in [0.2, 0.25) is 0 Å². The molecule has 8 fully saturated rings. The molecule has 2 heteroatoms. The predicted molar refractivity (Wildman–Crippen MR) is 95.6 cm³/mol. The van der Waals surface area contributed by atoms with Crippen molar-refractivity contribution in [2.45, 2.75) is 87.4 Å². The molecule has 22 heavy (non-hydrogen) atoms. The lowest BCUT2D eigenvalue weighted by Crippen LogP contribution is -2.49. The van der Waals surface area contributed by atoms with Crippen molar-refractivity contribution in [3.05, 3.63) is 0 Å². The Kier molecular flexibility index (Phi) is 3.02. The second-order valence-corrected chi connectivity index (χ2v) is 14.0. The van der Waals surface area contributed by atoms with Crippen LogP contribution in [-0.2, 0) is 0 Å².